The van der Waals surface area contributed by atoms with Crippen LogP contribution >= 0.6 is 0 Å². The molecule has 5 nitrogen and oxygen atoms in total. The summed E-state index contributed by atoms with van der Waals surface area (Å²) in [6.45, 7) is 6.46. The largest absolute Gasteiger partial charge is 0.387 e. The fourth-order valence-electron chi connectivity index (χ4n) is 3.34. The first-order valence-electron chi connectivity index (χ1n) is 9.64. The summed E-state index contributed by atoms with van der Waals surface area (Å²) in [6, 6.07) is 7.49. The summed E-state index contributed by atoms with van der Waals surface area (Å²) in [4.78, 5) is 14.4. The van der Waals surface area contributed by atoms with E-state index < -0.39 is 6.10 Å². The van der Waals surface area contributed by atoms with E-state index in [0.29, 0.717) is 6.54 Å². The molecule has 0 aliphatic carbocycles. The standard InChI is InChI=1S/C20H33N3O2/c1-17-10-4-5-11-18(17)19(24)16-22-20(25)21-12-6-9-15-23-13-7-2-3-8-14-23/h4-5,10-11,19,24H,2-3,6-9,12-16H2,1H3,(H2,21,22,25)/t19-/m0/s1. The van der Waals surface area contributed by atoms with Crippen molar-refractivity contribution in [3.05, 3.63) is 35.4 Å². The van der Waals surface area contributed by atoms with Gasteiger partial charge in [0.2, 0.25) is 0 Å². The van der Waals surface area contributed by atoms with Crippen molar-refractivity contribution in [2.45, 2.75) is 51.6 Å². The number of aliphatic hydroxyl groups excluding tert-OH is 1. The van der Waals surface area contributed by atoms with Crippen molar-refractivity contribution in [1.29, 1.82) is 0 Å². The lowest BCUT2D eigenvalue weighted by Gasteiger charge is -2.19. The highest BCUT2D eigenvalue weighted by atomic mass is 16.3. The van der Waals surface area contributed by atoms with Gasteiger partial charge in [0.05, 0.1) is 6.10 Å². The van der Waals surface area contributed by atoms with E-state index in [4.69, 9.17) is 0 Å². The SMILES string of the molecule is Cc1ccccc1[C@@H](O)CNC(=O)NCCCCN1CCCCCC1. The minimum atomic E-state index is -0.671. The number of urea groups is 1. The molecular weight excluding hydrogens is 314 g/mol. The quantitative estimate of drug-likeness (QED) is 0.634. The smallest absolute Gasteiger partial charge is 0.314 e. The summed E-state index contributed by atoms with van der Waals surface area (Å²) in [5, 5.41) is 15.8. The number of nitrogens with zero attached hydrogens (tertiary/aromatic N) is 1. The number of nitrogens with one attached hydrogen (secondary N) is 2. The van der Waals surface area contributed by atoms with Crippen LogP contribution in [0.25, 0.3) is 0 Å². The predicted octanol–water partition coefficient (Wildman–Crippen LogP) is 2.98. The lowest BCUT2D eigenvalue weighted by molar-refractivity contribution is 0.172. The van der Waals surface area contributed by atoms with E-state index in [9.17, 15) is 9.90 Å². The van der Waals surface area contributed by atoms with Crippen molar-refractivity contribution in [3.63, 3.8) is 0 Å². The number of likely N-dealkylation sites (tertiary alicyclic amines) is 1. The second-order valence-corrected chi connectivity index (χ2v) is 6.97. The van der Waals surface area contributed by atoms with Gasteiger partial charge in [-0.15, -0.1) is 0 Å². The number of amides is 2. The zero-order valence-corrected chi connectivity index (χ0v) is 15.5. The van der Waals surface area contributed by atoms with Gasteiger partial charge in [-0.05, 0) is 63.4 Å². The predicted molar refractivity (Wildman–Crippen MR) is 102 cm³/mol. The van der Waals surface area contributed by atoms with E-state index in [1.165, 1.54) is 38.8 Å². The van der Waals surface area contributed by atoms with E-state index in [2.05, 4.69) is 15.5 Å². The van der Waals surface area contributed by atoms with Crippen LogP contribution in [0.1, 0.15) is 55.8 Å². The Hall–Kier alpha value is -1.59. The Balaban J connectivity index is 1.54. The molecule has 0 radical (unpaired) electrons. The molecular formula is C20H33N3O2. The molecule has 1 saturated heterocycles. The van der Waals surface area contributed by atoms with Gasteiger partial charge in [0.15, 0.2) is 0 Å². The lowest BCUT2D eigenvalue weighted by atomic mass is 10.0. The van der Waals surface area contributed by atoms with Crippen molar-refractivity contribution < 1.29 is 9.90 Å². The Morgan fingerprint density at radius 2 is 1.84 bits per heavy atom. The molecule has 5 heteroatoms. The third kappa shape index (κ3) is 7.45. The number of carbonyl (C=O) groups is 1. The van der Waals surface area contributed by atoms with Gasteiger partial charge in [0.1, 0.15) is 0 Å². The number of carbonyl (C=O) groups excluding carboxylic acids is 1. The number of unbranched alkanes of at least 4 members (excludes halogenated alkanes) is 1. The zero-order valence-electron chi connectivity index (χ0n) is 15.5. The van der Waals surface area contributed by atoms with Crippen LogP contribution in [-0.4, -0.2) is 48.8 Å². The van der Waals surface area contributed by atoms with Crippen LogP contribution in [0.3, 0.4) is 0 Å². The summed E-state index contributed by atoms with van der Waals surface area (Å²) in [5.41, 5.74) is 1.89. The number of aryl methyl sites for hydroxylation is 1. The molecule has 0 spiro atoms. The van der Waals surface area contributed by atoms with Gasteiger partial charge in [-0.2, -0.15) is 0 Å². The maximum atomic E-state index is 11.8. The van der Waals surface area contributed by atoms with Crippen molar-refractivity contribution in [2.24, 2.45) is 0 Å². The van der Waals surface area contributed by atoms with Crippen molar-refractivity contribution in [2.75, 3.05) is 32.7 Å². The molecule has 1 heterocycles. The molecule has 0 saturated carbocycles. The molecule has 0 bridgehead atoms. The van der Waals surface area contributed by atoms with Crippen molar-refractivity contribution >= 4 is 6.03 Å². The molecule has 1 aliphatic rings. The van der Waals surface area contributed by atoms with Gasteiger partial charge in [-0.1, -0.05) is 37.1 Å². The van der Waals surface area contributed by atoms with Crippen molar-refractivity contribution in [3.8, 4) is 0 Å². The number of benzene rings is 1. The molecule has 2 rings (SSSR count). The van der Waals surface area contributed by atoms with Gasteiger partial charge in [0.25, 0.3) is 0 Å². The van der Waals surface area contributed by atoms with Gasteiger partial charge < -0.3 is 20.6 Å². The monoisotopic (exact) mass is 347 g/mol. The molecule has 140 valence electrons. The van der Waals surface area contributed by atoms with Gasteiger partial charge >= 0.3 is 6.03 Å². The van der Waals surface area contributed by atoms with Crippen LogP contribution in [0, 0.1) is 6.92 Å². The highest BCUT2D eigenvalue weighted by Crippen LogP contribution is 2.16. The lowest BCUT2D eigenvalue weighted by Crippen LogP contribution is -2.38. The number of rotatable bonds is 8. The van der Waals surface area contributed by atoms with Gasteiger partial charge in [0, 0.05) is 13.1 Å². The third-order valence-corrected chi connectivity index (χ3v) is 4.89. The first-order chi connectivity index (χ1) is 12.2. The minimum absolute atomic E-state index is 0.206. The molecule has 1 aromatic rings. The van der Waals surface area contributed by atoms with Crippen LogP contribution < -0.4 is 10.6 Å². The highest BCUT2D eigenvalue weighted by Gasteiger charge is 2.11. The minimum Gasteiger partial charge on any atom is -0.387 e. The number of hydrogen-bond donors (Lipinski definition) is 3. The summed E-state index contributed by atoms with van der Waals surface area (Å²) >= 11 is 0. The molecule has 0 aromatic heterocycles. The third-order valence-electron chi connectivity index (χ3n) is 4.89. The second kappa shape index (κ2) is 11.1. The van der Waals surface area contributed by atoms with Gasteiger partial charge in [-0.3, -0.25) is 0 Å². The summed E-state index contributed by atoms with van der Waals surface area (Å²) in [7, 11) is 0. The van der Waals surface area contributed by atoms with Crippen LogP contribution in [0.4, 0.5) is 4.79 Å². The summed E-state index contributed by atoms with van der Waals surface area (Å²) < 4.78 is 0. The highest BCUT2D eigenvalue weighted by molar-refractivity contribution is 5.73. The van der Waals surface area contributed by atoms with Gasteiger partial charge in [-0.25, -0.2) is 4.79 Å². The molecule has 1 atom stereocenters. The second-order valence-electron chi connectivity index (χ2n) is 6.97. The van der Waals surface area contributed by atoms with E-state index >= 15 is 0 Å². The van der Waals surface area contributed by atoms with E-state index in [1.807, 2.05) is 31.2 Å². The molecule has 1 fully saturated rings. The first kappa shape index (κ1) is 19.7. The van der Waals surface area contributed by atoms with Crippen LogP contribution in [-0.2, 0) is 0 Å². The Kier molecular flexibility index (Phi) is 8.77. The Labute approximate surface area is 151 Å². The topological polar surface area (TPSA) is 64.6 Å². The average Bonchev–Trinajstić information content (AvgIpc) is 2.88. The molecule has 3 N–H and O–H groups in total. The van der Waals surface area contributed by atoms with E-state index in [0.717, 1.165) is 30.5 Å². The van der Waals surface area contributed by atoms with E-state index in [-0.39, 0.29) is 12.6 Å². The first-order valence-corrected chi connectivity index (χ1v) is 9.64. The average molecular weight is 348 g/mol. The molecule has 0 unspecified atom stereocenters. The molecule has 1 aliphatic heterocycles. The normalized spacial score (nSPS) is 16.9. The maximum Gasteiger partial charge on any atom is 0.314 e. The fraction of sp³-hybridized carbons (Fsp3) is 0.650. The van der Waals surface area contributed by atoms with Crippen molar-refractivity contribution in [1.82, 2.24) is 15.5 Å². The Morgan fingerprint density at radius 3 is 2.56 bits per heavy atom. The molecule has 1 aromatic carbocycles. The zero-order chi connectivity index (χ0) is 17.9. The maximum absolute atomic E-state index is 11.8. The number of aliphatic hydroxyl groups is 1. The summed E-state index contributed by atoms with van der Waals surface area (Å²) in [5.74, 6) is 0. The van der Waals surface area contributed by atoms with Crippen LogP contribution in [0.2, 0.25) is 0 Å². The summed E-state index contributed by atoms with van der Waals surface area (Å²) in [6.07, 6.45) is 6.82. The Morgan fingerprint density at radius 1 is 1.12 bits per heavy atom. The molecule has 2 amide bonds. The fourth-order valence-corrected chi connectivity index (χ4v) is 3.34. The van der Waals surface area contributed by atoms with Crippen LogP contribution in [0.5, 0.6) is 0 Å². The van der Waals surface area contributed by atoms with Crippen LogP contribution in [0.15, 0.2) is 24.3 Å². The Bertz CT molecular complexity index is 513. The molecule has 25 heavy (non-hydrogen) atoms. The number of hydrogen-bond acceptors (Lipinski definition) is 3. The van der Waals surface area contributed by atoms with E-state index in [1.54, 1.807) is 0 Å².